The lowest BCUT2D eigenvalue weighted by Gasteiger charge is -2.57. The van der Waals surface area contributed by atoms with Crippen LogP contribution in [0.25, 0.3) is 10.9 Å². The minimum Gasteiger partial charge on any atom is -0.632 e. The fourth-order valence-corrected chi connectivity index (χ4v) is 5.28. The molecule has 1 aromatic heterocycles. The maximum atomic E-state index is 13.8. The zero-order valence-electron chi connectivity index (χ0n) is 16.7. The van der Waals surface area contributed by atoms with Crippen molar-refractivity contribution in [3.05, 3.63) is 52.6 Å². The van der Waals surface area contributed by atoms with Gasteiger partial charge in [-0.2, -0.15) is 0 Å². The van der Waals surface area contributed by atoms with Crippen molar-refractivity contribution >= 4 is 16.9 Å². The molecule has 1 unspecified atom stereocenters. The van der Waals surface area contributed by atoms with E-state index in [2.05, 4.69) is 24.0 Å². The van der Waals surface area contributed by atoms with E-state index in [4.69, 9.17) is 9.47 Å². The van der Waals surface area contributed by atoms with E-state index in [-0.39, 0.29) is 28.5 Å². The number of fused-ring (bicyclic) bond motifs is 5. The molecule has 4 rings (SSSR count). The lowest BCUT2D eigenvalue weighted by molar-refractivity contribution is -0.924. The van der Waals surface area contributed by atoms with Gasteiger partial charge in [-0.1, -0.05) is 25.1 Å². The van der Waals surface area contributed by atoms with E-state index in [9.17, 15) is 10.0 Å². The Morgan fingerprint density at radius 1 is 1.36 bits per heavy atom. The standard InChI is InChI=1S/C22H28N2O4/c1-4-14-12-24(26)10-9-16-15-7-5-6-8-19(15)23-21(16)20(24)11-17(14)18(13-27-2)22(25)28-3/h5-8,13-14,17,20,23H,4,9-12H2,1-3H3/b18-13+/t14-,17-,20+,24?/m0/s1. The Kier molecular flexibility index (Phi) is 4.93. The Morgan fingerprint density at radius 3 is 2.86 bits per heavy atom. The smallest absolute Gasteiger partial charge is 0.337 e. The summed E-state index contributed by atoms with van der Waals surface area (Å²) in [6.07, 6.45) is 3.75. The van der Waals surface area contributed by atoms with Crippen LogP contribution in [0.15, 0.2) is 36.1 Å². The molecule has 2 aromatic rings. The molecule has 1 N–H and O–H groups in total. The van der Waals surface area contributed by atoms with Gasteiger partial charge < -0.3 is 24.3 Å². The van der Waals surface area contributed by atoms with Crippen LogP contribution in [0.3, 0.4) is 0 Å². The first-order valence-electron chi connectivity index (χ1n) is 10.0. The lowest BCUT2D eigenvalue weighted by atomic mass is 9.73. The van der Waals surface area contributed by atoms with Gasteiger partial charge in [-0.3, -0.25) is 0 Å². The van der Waals surface area contributed by atoms with Gasteiger partial charge >= 0.3 is 5.97 Å². The largest absolute Gasteiger partial charge is 0.632 e. The lowest BCUT2D eigenvalue weighted by Crippen LogP contribution is -2.57. The highest BCUT2D eigenvalue weighted by molar-refractivity contribution is 5.89. The van der Waals surface area contributed by atoms with Crippen LogP contribution in [0.5, 0.6) is 0 Å². The van der Waals surface area contributed by atoms with Crippen LogP contribution in [0.4, 0.5) is 0 Å². The van der Waals surface area contributed by atoms with Gasteiger partial charge in [0.2, 0.25) is 0 Å². The number of rotatable bonds is 4. The number of esters is 1. The van der Waals surface area contributed by atoms with Crippen molar-refractivity contribution in [3.63, 3.8) is 0 Å². The van der Waals surface area contributed by atoms with E-state index in [1.54, 1.807) is 0 Å². The molecule has 150 valence electrons. The number of methoxy groups -OCH3 is 2. The molecule has 3 heterocycles. The Balaban J connectivity index is 1.78. The number of quaternary nitrogens is 1. The summed E-state index contributed by atoms with van der Waals surface area (Å²) >= 11 is 0. The molecule has 1 saturated heterocycles. The van der Waals surface area contributed by atoms with Crippen molar-refractivity contribution < 1.29 is 18.9 Å². The molecule has 6 nitrogen and oxygen atoms in total. The van der Waals surface area contributed by atoms with E-state index < -0.39 is 0 Å². The fourth-order valence-electron chi connectivity index (χ4n) is 5.28. The van der Waals surface area contributed by atoms with Crippen LogP contribution in [0, 0.1) is 17.0 Å². The molecular weight excluding hydrogens is 356 g/mol. The predicted octanol–water partition coefficient (Wildman–Crippen LogP) is 3.83. The second-order valence-corrected chi connectivity index (χ2v) is 8.00. The van der Waals surface area contributed by atoms with Crippen molar-refractivity contribution in [2.75, 3.05) is 27.3 Å². The maximum Gasteiger partial charge on any atom is 0.337 e. The second kappa shape index (κ2) is 7.26. The molecule has 0 saturated carbocycles. The summed E-state index contributed by atoms with van der Waals surface area (Å²) in [6.45, 7) is 3.19. The highest BCUT2D eigenvalue weighted by atomic mass is 16.5. The summed E-state index contributed by atoms with van der Waals surface area (Å²) in [5.41, 5.74) is 3.92. The molecule has 6 heteroatoms. The van der Waals surface area contributed by atoms with E-state index in [1.807, 2.05) is 12.1 Å². The Morgan fingerprint density at radius 2 is 2.14 bits per heavy atom. The third kappa shape index (κ3) is 2.91. The topological polar surface area (TPSA) is 74.4 Å². The number of hydrogen-bond acceptors (Lipinski definition) is 4. The molecular formula is C22H28N2O4. The van der Waals surface area contributed by atoms with E-state index in [0.717, 1.165) is 24.1 Å². The highest BCUT2D eigenvalue weighted by Crippen LogP contribution is 2.49. The monoisotopic (exact) mass is 384 g/mol. The van der Waals surface area contributed by atoms with Gasteiger partial charge in [-0.05, 0) is 18.1 Å². The number of aromatic amines is 1. The van der Waals surface area contributed by atoms with Crippen molar-refractivity contribution in [2.24, 2.45) is 11.8 Å². The van der Waals surface area contributed by atoms with Crippen LogP contribution in [0.1, 0.15) is 37.1 Å². The number of aromatic nitrogens is 1. The number of hydroxylamine groups is 3. The molecule has 0 aliphatic carbocycles. The van der Waals surface area contributed by atoms with Crippen LogP contribution >= 0.6 is 0 Å². The Labute approximate surface area is 165 Å². The summed E-state index contributed by atoms with van der Waals surface area (Å²) in [7, 11) is 2.93. The molecule has 2 aliphatic heterocycles. The van der Waals surface area contributed by atoms with Crippen LogP contribution in [-0.4, -0.2) is 42.9 Å². The zero-order valence-corrected chi connectivity index (χ0v) is 16.7. The minimum absolute atomic E-state index is 0.0556. The van der Waals surface area contributed by atoms with Gasteiger partial charge in [0, 0.05) is 35.6 Å². The number of hydrogen-bond donors (Lipinski definition) is 1. The average Bonchev–Trinajstić information content (AvgIpc) is 3.09. The van der Waals surface area contributed by atoms with Crippen molar-refractivity contribution in [2.45, 2.75) is 32.2 Å². The van der Waals surface area contributed by atoms with E-state index in [1.165, 1.54) is 31.4 Å². The second-order valence-electron chi connectivity index (χ2n) is 8.00. The van der Waals surface area contributed by atoms with E-state index in [0.29, 0.717) is 25.1 Å². The number of nitrogens with zero attached hydrogens (tertiary/aromatic N) is 1. The number of ether oxygens (including phenoxy) is 2. The first-order valence-corrected chi connectivity index (χ1v) is 10.0. The van der Waals surface area contributed by atoms with Gasteiger partial charge in [-0.25, -0.2) is 4.79 Å². The van der Waals surface area contributed by atoms with Gasteiger partial charge in [0.05, 0.1) is 44.8 Å². The molecule has 0 radical (unpaired) electrons. The number of H-pyrrole nitrogens is 1. The van der Waals surface area contributed by atoms with Gasteiger partial charge in [0.25, 0.3) is 0 Å². The number of nitrogens with one attached hydrogen (secondary N) is 1. The molecule has 2 aliphatic rings. The average molecular weight is 384 g/mol. The van der Waals surface area contributed by atoms with Crippen molar-refractivity contribution in [1.82, 2.24) is 4.98 Å². The number of benzene rings is 1. The van der Waals surface area contributed by atoms with E-state index >= 15 is 0 Å². The summed E-state index contributed by atoms with van der Waals surface area (Å²) in [5, 5.41) is 15.0. The van der Waals surface area contributed by atoms with Crippen LogP contribution in [-0.2, 0) is 20.7 Å². The number of para-hydroxylation sites is 1. The van der Waals surface area contributed by atoms with Gasteiger partial charge in [-0.15, -0.1) is 0 Å². The summed E-state index contributed by atoms with van der Waals surface area (Å²) in [5.74, 6) is -0.302. The molecule has 0 bridgehead atoms. The quantitative estimate of drug-likeness (QED) is 0.286. The highest BCUT2D eigenvalue weighted by Gasteiger charge is 2.48. The Hall–Kier alpha value is -2.31. The number of piperidine rings is 1. The molecule has 28 heavy (non-hydrogen) atoms. The molecule has 0 amide bonds. The first-order chi connectivity index (χ1) is 13.5. The molecule has 1 aromatic carbocycles. The van der Waals surface area contributed by atoms with Gasteiger partial charge in [0.15, 0.2) is 0 Å². The van der Waals surface area contributed by atoms with Crippen LogP contribution < -0.4 is 0 Å². The molecule has 1 fully saturated rings. The maximum absolute atomic E-state index is 13.8. The third-order valence-electron chi connectivity index (χ3n) is 6.67. The van der Waals surface area contributed by atoms with Gasteiger partial charge in [0.1, 0.15) is 6.04 Å². The fraction of sp³-hybridized carbons (Fsp3) is 0.500. The Bertz CT molecular complexity index is 918. The third-order valence-corrected chi connectivity index (χ3v) is 6.67. The zero-order chi connectivity index (χ0) is 19.9. The molecule has 4 atom stereocenters. The summed E-state index contributed by atoms with van der Waals surface area (Å²) in [6, 6.07) is 8.03. The summed E-state index contributed by atoms with van der Waals surface area (Å²) < 4.78 is 10.00. The predicted molar refractivity (Wildman–Crippen MR) is 107 cm³/mol. The summed E-state index contributed by atoms with van der Waals surface area (Å²) in [4.78, 5) is 16.0. The number of carbonyl (C=O) groups is 1. The van der Waals surface area contributed by atoms with Crippen molar-refractivity contribution in [1.29, 1.82) is 0 Å². The van der Waals surface area contributed by atoms with Crippen LogP contribution in [0.2, 0.25) is 0 Å². The molecule has 0 spiro atoms. The van der Waals surface area contributed by atoms with Crippen molar-refractivity contribution in [3.8, 4) is 0 Å². The first kappa shape index (κ1) is 19.0. The SMILES string of the molecule is CC[C@H]1C[N+]2([O-])CCc3c([nH]c4ccccc34)[C@H]2C[C@@H]1/C(=C\OC)C(=O)OC. The normalized spacial score (nSPS) is 29.9. The minimum atomic E-state index is -0.371. The number of carbonyl (C=O) groups excluding carboxylic acids is 1.